The Morgan fingerprint density at radius 1 is 1.32 bits per heavy atom. The zero-order valence-electron chi connectivity index (χ0n) is 13.9. The van der Waals surface area contributed by atoms with Gasteiger partial charge in [-0.1, -0.05) is 12.1 Å². The summed E-state index contributed by atoms with van der Waals surface area (Å²) in [6, 6.07) is 9.70. The van der Waals surface area contributed by atoms with Gasteiger partial charge in [0.25, 0.3) is 5.91 Å². The number of amides is 1. The number of benzene rings is 1. The number of para-hydroxylation sites is 2. The van der Waals surface area contributed by atoms with Crippen molar-refractivity contribution in [2.45, 2.75) is 20.4 Å². The number of carbonyl (C=O) groups is 1. The van der Waals surface area contributed by atoms with Crippen LogP contribution in [-0.2, 0) is 6.54 Å². The maximum absolute atomic E-state index is 12.6. The van der Waals surface area contributed by atoms with Gasteiger partial charge in [-0.25, -0.2) is 9.97 Å². The molecule has 25 heavy (non-hydrogen) atoms. The summed E-state index contributed by atoms with van der Waals surface area (Å²) in [7, 11) is 0. The summed E-state index contributed by atoms with van der Waals surface area (Å²) in [4.78, 5) is 24.6. The summed E-state index contributed by atoms with van der Waals surface area (Å²) in [6.07, 6.45) is 1.76. The number of nitrogens with zero attached hydrogens (tertiary/aromatic N) is 3. The first kappa shape index (κ1) is 15.6. The van der Waals surface area contributed by atoms with E-state index < -0.39 is 0 Å². The van der Waals surface area contributed by atoms with Gasteiger partial charge in [-0.15, -0.1) is 11.3 Å². The van der Waals surface area contributed by atoms with Crippen LogP contribution < -0.4 is 5.32 Å². The summed E-state index contributed by atoms with van der Waals surface area (Å²) in [5.41, 5.74) is 4.39. The van der Waals surface area contributed by atoms with E-state index in [-0.39, 0.29) is 5.91 Å². The number of aromatic amines is 1. The van der Waals surface area contributed by atoms with Crippen molar-refractivity contribution in [2.75, 3.05) is 0 Å². The average molecular weight is 351 g/mol. The second kappa shape index (κ2) is 6.18. The molecule has 7 heteroatoms. The molecule has 2 N–H and O–H groups in total. The lowest BCUT2D eigenvalue weighted by Gasteiger charge is -2.06. The SMILES string of the molecule is Cc1cc(C(=O)NCc2nc3ccccc3[nH]2)c(C)n1-c1nccs1. The van der Waals surface area contributed by atoms with E-state index in [0.29, 0.717) is 12.1 Å². The van der Waals surface area contributed by atoms with Crippen LogP contribution in [-0.4, -0.2) is 25.4 Å². The number of carbonyl (C=O) groups excluding carboxylic acids is 1. The minimum Gasteiger partial charge on any atom is -0.345 e. The summed E-state index contributed by atoms with van der Waals surface area (Å²) < 4.78 is 2.00. The molecule has 3 aromatic heterocycles. The first-order valence-corrected chi connectivity index (χ1v) is 8.82. The highest BCUT2D eigenvalue weighted by Crippen LogP contribution is 2.22. The summed E-state index contributed by atoms with van der Waals surface area (Å²) >= 11 is 1.55. The second-order valence-electron chi connectivity index (χ2n) is 5.82. The third kappa shape index (κ3) is 2.83. The number of rotatable bonds is 4. The van der Waals surface area contributed by atoms with Crippen molar-refractivity contribution in [3.8, 4) is 5.13 Å². The molecule has 4 aromatic rings. The van der Waals surface area contributed by atoms with E-state index in [1.807, 2.05) is 54.1 Å². The molecule has 0 aliphatic heterocycles. The molecule has 3 heterocycles. The Kier molecular flexibility index (Phi) is 3.85. The molecular formula is C18H17N5OS. The third-order valence-electron chi connectivity index (χ3n) is 4.14. The maximum atomic E-state index is 12.6. The summed E-state index contributed by atoms with van der Waals surface area (Å²) in [6.45, 7) is 4.27. The van der Waals surface area contributed by atoms with Crippen LogP contribution in [0.5, 0.6) is 0 Å². The van der Waals surface area contributed by atoms with Gasteiger partial charge in [0.15, 0.2) is 5.13 Å². The Labute approximate surface area is 148 Å². The molecule has 6 nitrogen and oxygen atoms in total. The first-order chi connectivity index (χ1) is 12.1. The molecule has 0 aliphatic carbocycles. The Bertz CT molecular complexity index is 1010. The van der Waals surface area contributed by atoms with Crippen molar-refractivity contribution >= 4 is 28.3 Å². The fourth-order valence-corrected chi connectivity index (χ4v) is 3.71. The topological polar surface area (TPSA) is 75.6 Å². The van der Waals surface area contributed by atoms with Crippen molar-refractivity contribution < 1.29 is 4.79 Å². The quantitative estimate of drug-likeness (QED) is 0.592. The molecule has 0 radical (unpaired) electrons. The molecule has 0 saturated heterocycles. The number of aryl methyl sites for hydroxylation is 1. The van der Waals surface area contributed by atoms with Crippen LogP contribution in [0.15, 0.2) is 41.9 Å². The molecule has 0 spiro atoms. The van der Waals surface area contributed by atoms with Crippen molar-refractivity contribution in [3.05, 3.63) is 64.7 Å². The number of hydrogen-bond donors (Lipinski definition) is 2. The van der Waals surface area contributed by atoms with E-state index in [4.69, 9.17) is 0 Å². The molecule has 4 rings (SSSR count). The monoisotopic (exact) mass is 351 g/mol. The predicted molar refractivity (Wildman–Crippen MR) is 98.2 cm³/mol. The van der Waals surface area contributed by atoms with Crippen LogP contribution in [0.25, 0.3) is 16.2 Å². The van der Waals surface area contributed by atoms with E-state index >= 15 is 0 Å². The van der Waals surface area contributed by atoms with Crippen LogP contribution >= 0.6 is 11.3 Å². The van der Waals surface area contributed by atoms with E-state index in [1.165, 1.54) is 0 Å². The van der Waals surface area contributed by atoms with Gasteiger partial charge in [-0.2, -0.15) is 0 Å². The largest absolute Gasteiger partial charge is 0.345 e. The van der Waals surface area contributed by atoms with Crippen molar-refractivity contribution in [1.29, 1.82) is 0 Å². The van der Waals surface area contributed by atoms with Crippen LogP contribution in [0.3, 0.4) is 0 Å². The Morgan fingerprint density at radius 2 is 2.16 bits per heavy atom. The smallest absolute Gasteiger partial charge is 0.253 e. The van der Waals surface area contributed by atoms with E-state index in [1.54, 1.807) is 17.5 Å². The maximum Gasteiger partial charge on any atom is 0.253 e. The van der Waals surface area contributed by atoms with Gasteiger partial charge in [-0.3, -0.25) is 9.36 Å². The molecule has 0 unspecified atom stereocenters. The molecule has 1 aromatic carbocycles. The van der Waals surface area contributed by atoms with Gasteiger partial charge < -0.3 is 10.3 Å². The highest BCUT2D eigenvalue weighted by molar-refractivity contribution is 7.12. The fourth-order valence-electron chi connectivity index (χ4n) is 2.96. The highest BCUT2D eigenvalue weighted by Gasteiger charge is 2.17. The molecule has 0 aliphatic rings. The van der Waals surface area contributed by atoms with Gasteiger partial charge >= 0.3 is 0 Å². The Hall–Kier alpha value is -2.93. The highest BCUT2D eigenvalue weighted by atomic mass is 32.1. The average Bonchev–Trinajstić information content (AvgIpc) is 3.31. The van der Waals surface area contributed by atoms with E-state index in [0.717, 1.165) is 33.4 Å². The molecule has 0 bridgehead atoms. The lowest BCUT2D eigenvalue weighted by molar-refractivity contribution is 0.0949. The van der Waals surface area contributed by atoms with Crippen LogP contribution in [0.2, 0.25) is 0 Å². The zero-order valence-corrected chi connectivity index (χ0v) is 14.7. The van der Waals surface area contributed by atoms with Crippen LogP contribution in [0.4, 0.5) is 0 Å². The molecule has 0 saturated carbocycles. The zero-order chi connectivity index (χ0) is 17.4. The fraction of sp³-hybridized carbons (Fsp3) is 0.167. The standard InChI is InChI=1S/C18H17N5OS/c1-11-9-13(12(2)23(11)18-19-7-8-25-18)17(24)20-10-16-21-14-5-3-4-6-15(14)22-16/h3-9H,10H2,1-2H3,(H,20,24)(H,21,22). The number of aromatic nitrogens is 4. The van der Waals surface area contributed by atoms with Crippen molar-refractivity contribution in [3.63, 3.8) is 0 Å². The van der Waals surface area contributed by atoms with E-state index in [9.17, 15) is 4.79 Å². The lowest BCUT2D eigenvalue weighted by atomic mass is 10.2. The minimum absolute atomic E-state index is 0.114. The Balaban J connectivity index is 1.54. The number of nitrogens with one attached hydrogen (secondary N) is 2. The van der Waals surface area contributed by atoms with Gasteiger partial charge in [0.2, 0.25) is 0 Å². The van der Waals surface area contributed by atoms with Gasteiger partial charge in [0.05, 0.1) is 23.1 Å². The molecule has 126 valence electrons. The van der Waals surface area contributed by atoms with E-state index in [2.05, 4.69) is 20.3 Å². The third-order valence-corrected chi connectivity index (χ3v) is 4.90. The predicted octanol–water partition coefficient (Wildman–Crippen LogP) is 3.36. The minimum atomic E-state index is -0.114. The van der Waals surface area contributed by atoms with Crippen molar-refractivity contribution in [1.82, 2.24) is 24.8 Å². The van der Waals surface area contributed by atoms with Gasteiger partial charge in [-0.05, 0) is 32.0 Å². The number of imidazole rings is 1. The first-order valence-electron chi connectivity index (χ1n) is 7.94. The number of hydrogen-bond acceptors (Lipinski definition) is 4. The van der Waals surface area contributed by atoms with Gasteiger partial charge in [0.1, 0.15) is 5.82 Å². The number of thiazole rings is 1. The van der Waals surface area contributed by atoms with Gasteiger partial charge in [0, 0.05) is 23.0 Å². The second-order valence-corrected chi connectivity index (χ2v) is 6.69. The van der Waals surface area contributed by atoms with Crippen LogP contribution in [0, 0.1) is 13.8 Å². The molecule has 0 fully saturated rings. The van der Waals surface area contributed by atoms with Crippen LogP contribution in [0.1, 0.15) is 27.6 Å². The number of H-pyrrole nitrogens is 1. The Morgan fingerprint density at radius 3 is 2.92 bits per heavy atom. The lowest BCUT2D eigenvalue weighted by Crippen LogP contribution is -2.23. The molecule has 1 amide bonds. The normalized spacial score (nSPS) is 11.1. The van der Waals surface area contributed by atoms with Crippen molar-refractivity contribution in [2.24, 2.45) is 0 Å². The summed E-state index contributed by atoms with van der Waals surface area (Å²) in [5.74, 6) is 0.625. The number of fused-ring (bicyclic) bond motifs is 1. The molecular weight excluding hydrogens is 334 g/mol. The summed E-state index contributed by atoms with van der Waals surface area (Å²) in [5, 5.41) is 5.73. The molecule has 0 atom stereocenters.